The van der Waals surface area contributed by atoms with Gasteiger partial charge in [0.25, 0.3) is 0 Å². The summed E-state index contributed by atoms with van der Waals surface area (Å²) >= 11 is 0. The zero-order chi connectivity index (χ0) is 19.2. The van der Waals surface area contributed by atoms with Crippen molar-refractivity contribution in [3.05, 3.63) is 29.8 Å². The molecule has 1 aliphatic carbocycles. The highest BCUT2D eigenvalue weighted by molar-refractivity contribution is 14.0. The van der Waals surface area contributed by atoms with Crippen LogP contribution in [0.2, 0.25) is 0 Å². The summed E-state index contributed by atoms with van der Waals surface area (Å²) in [6.45, 7) is 7.62. The van der Waals surface area contributed by atoms with E-state index >= 15 is 0 Å². The average Bonchev–Trinajstić information content (AvgIpc) is 3.39. The van der Waals surface area contributed by atoms with Crippen LogP contribution < -0.4 is 15.4 Å². The predicted octanol–water partition coefficient (Wildman–Crippen LogP) is 2.97. The van der Waals surface area contributed by atoms with E-state index in [4.69, 9.17) is 4.74 Å². The molecule has 6 nitrogen and oxygen atoms in total. The first-order valence-corrected chi connectivity index (χ1v) is 11.0. The predicted molar refractivity (Wildman–Crippen MR) is 122 cm³/mol. The van der Waals surface area contributed by atoms with Crippen LogP contribution in [0.1, 0.15) is 39.2 Å². The van der Waals surface area contributed by atoms with E-state index in [1.54, 1.807) is 13.8 Å². The molecule has 0 bridgehead atoms. The summed E-state index contributed by atoms with van der Waals surface area (Å²) in [7, 11) is -3.16. The molecular weight excluding hydrogens is 477 g/mol. The number of nitrogens with one attached hydrogen (secondary N) is 2. The number of benzene rings is 1. The van der Waals surface area contributed by atoms with Gasteiger partial charge in [0.1, 0.15) is 5.75 Å². The summed E-state index contributed by atoms with van der Waals surface area (Å²) in [6.07, 6.45) is 3.77. The molecule has 1 fully saturated rings. The number of aliphatic imine (C=N–C) groups is 1. The number of para-hydroxylation sites is 1. The lowest BCUT2D eigenvalue weighted by molar-refractivity contribution is 0.297. The Bertz CT molecular complexity index is 731. The van der Waals surface area contributed by atoms with Gasteiger partial charge < -0.3 is 15.4 Å². The van der Waals surface area contributed by atoms with Crippen molar-refractivity contribution in [3.63, 3.8) is 0 Å². The third-order valence-electron chi connectivity index (χ3n) is 4.58. The van der Waals surface area contributed by atoms with Crippen LogP contribution >= 0.6 is 24.0 Å². The second kappa shape index (κ2) is 10.5. The van der Waals surface area contributed by atoms with Crippen molar-refractivity contribution in [1.29, 1.82) is 0 Å². The average molecular weight is 509 g/mol. The minimum atomic E-state index is -3.16. The third-order valence-corrected chi connectivity index (χ3v) is 6.73. The van der Waals surface area contributed by atoms with E-state index in [0.717, 1.165) is 17.9 Å². The molecule has 1 aliphatic rings. The molecule has 1 aromatic rings. The minimum absolute atomic E-state index is 0. The monoisotopic (exact) mass is 509 g/mol. The molecule has 0 amide bonds. The van der Waals surface area contributed by atoms with Crippen LogP contribution in [0, 0.1) is 5.92 Å². The van der Waals surface area contributed by atoms with Gasteiger partial charge >= 0.3 is 0 Å². The SMILES string of the molecule is CCNC(=NCc1ccccc1OCC1CC1)NCC(C)(C)S(C)(=O)=O.I. The molecule has 0 saturated heterocycles. The molecule has 1 aromatic carbocycles. The lowest BCUT2D eigenvalue weighted by Gasteiger charge is -2.24. The summed E-state index contributed by atoms with van der Waals surface area (Å²) in [6, 6.07) is 7.92. The lowest BCUT2D eigenvalue weighted by Crippen LogP contribution is -2.47. The fraction of sp³-hybridized carbons (Fsp3) is 0.632. The van der Waals surface area contributed by atoms with Crippen molar-refractivity contribution in [2.45, 2.75) is 44.9 Å². The first kappa shape index (κ1) is 24.0. The summed E-state index contributed by atoms with van der Waals surface area (Å²) in [5.41, 5.74) is 1.02. The molecule has 8 heteroatoms. The number of ether oxygens (including phenoxy) is 1. The summed E-state index contributed by atoms with van der Waals surface area (Å²) in [5.74, 6) is 2.17. The van der Waals surface area contributed by atoms with Crippen LogP contribution in [-0.2, 0) is 16.4 Å². The van der Waals surface area contributed by atoms with Crippen molar-refractivity contribution < 1.29 is 13.2 Å². The molecule has 0 heterocycles. The van der Waals surface area contributed by atoms with Crippen LogP contribution in [0.25, 0.3) is 0 Å². The highest BCUT2D eigenvalue weighted by Gasteiger charge is 2.30. The Labute approximate surface area is 180 Å². The normalized spacial score (nSPS) is 15.0. The Kier molecular flexibility index (Phi) is 9.33. The van der Waals surface area contributed by atoms with Gasteiger partial charge in [-0.05, 0) is 45.6 Å². The van der Waals surface area contributed by atoms with Gasteiger partial charge in [-0.1, -0.05) is 18.2 Å². The molecule has 2 rings (SSSR count). The van der Waals surface area contributed by atoms with Gasteiger partial charge in [-0.25, -0.2) is 13.4 Å². The maximum Gasteiger partial charge on any atom is 0.191 e. The number of nitrogens with zero attached hydrogens (tertiary/aromatic N) is 1. The molecule has 0 atom stereocenters. The van der Waals surface area contributed by atoms with Gasteiger partial charge in [0, 0.05) is 24.9 Å². The molecular formula is C19H32IN3O3S. The van der Waals surface area contributed by atoms with E-state index < -0.39 is 14.6 Å². The molecule has 154 valence electrons. The number of hydrogen-bond acceptors (Lipinski definition) is 4. The summed E-state index contributed by atoms with van der Waals surface area (Å²) in [4.78, 5) is 4.59. The maximum atomic E-state index is 11.9. The second-order valence-corrected chi connectivity index (χ2v) is 10.1. The largest absolute Gasteiger partial charge is 0.493 e. The third kappa shape index (κ3) is 7.85. The Morgan fingerprint density at radius 1 is 1.26 bits per heavy atom. The van der Waals surface area contributed by atoms with E-state index in [0.29, 0.717) is 25.0 Å². The van der Waals surface area contributed by atoms with Crippen LogP contribution in [0.5, 0.6) is 5.75 Å². The first-order chi connectivity index (χ1) is 12.2. The number of sulfone groups is 1. The zero-order valence-electron chi connectivity index (χ0n) is 16.6. The maximum absolute atomic E-state index is 11.9. The van der Waals surface area contributed by atoms with Gasteiger partial charge in [0.15, 0.2) is 15.8 Å². The number of halogens is 1. The molecule has 0 aromatic heterocycles. The standard InChI is InChI=1S/C19H31N3O3S.HI/c1-5-20-18(22-14-19(2,3)26(4,23)24)21-12-16-8-6-7-9-17(16)25-13-15-10-11-15;/h6-9,15H,5,10-14H2,1-4H3,(H2,20,21,22);1H. The lowest BCUT2D eigenvalue weighted by atomic mass is 10.2. The summed E-state index contributed by atoms with van der Waals surface area (Å²) in [5, 5.41) is 6.30. The quantitative estimate of drug-likeness (QED) is 0.304. The zero-order valence-corrected chi connectivity index (χ0v) is 19.8. The van der Waals surface area contributed by atoms with Gasteiger partial charge in [-0.2, -0.15) is 0 Å². The fourth-order valence-electron chi connectivity index (χ4n) is 2.20. The molecule has 0 unspecified atom stereocenters. The van der Waals surface area contributed by atoms with E-state index in [1.807, 2.05) is 31.2 Å². The number of guanidine groups is 1. The van der Waals surface area contributed by atoms with Crippen LogP contribution in [0.3, 0.4) is 0 Å². The van der Waals surface area contributed by atoms with Gasteiger partial charge in [-0.15, -0.1) is 24.0 Å². The Morgan fingerprint density at radius 2 is 1.93 bits per heavy atom. The van der Waals surface area contributed by atoms with E-state index in [-0.39, 0.29) is 30.5 Å². The van der Waals surface area contributed by atoms with Gasteiger partial charge in [0.05, 0.1) is 17.9 Å². The van der Waals surface area contributed by atoms with Crippen molar-refractivity contribution >= 4 is 39.8 Å². The highest BCUT2D eigenvalue weighted by atomic mass is 127. The van der Waals surface area contributed by atoms with Gasteiger partial charge in [-0.3, -0.25) is 0 Å². The molecule has 2 N–H and O–H groups in total. The van der Waals surface area contributed by atoms with Gasteiger partial charge in [0.2, 0.25) is 0 Å². The smallest absolute Gasteiger partial charge is 0.191 e. The first-order valence-electron chi connectivity index (χ1n) is 9.15. The summed E-state index contributed by atoms with van der Waals surface area (Å²) < 4.78 is 28.8. The molecule has 0 radical (unpaired) electrons. The number of rotatable bonds is 9. The molecule has 1 saturated carbocycles. The van der Waals surface area contributed by atoms with Crippen molar-refractivity contribution in [3.8, 4) is 5.75 Å². The van der Waals surface area contributed by atoms with Crippen molar-refractivity contribution in [1.82, 2.24) is 10.6 Å². The Balaban J connectivity index is 0.00000364. The Hall–Kier alpha value is -1.03. The highest BCUT2D eigenvalue weighted by Crippen LogP contribution is 2.30. The molecule has 0 spiro atoms. The van der Waals surface area contributed by atoms with E-state index in [9.17, 15) is 8.42 Å². The van der Waals surface area contributed by atoms with Crippen molar-refractivity contribution in [2.24, 2.45) is 10.9 Å². The fourth-order valence-corrected chi connectivity index (χ4v) is 2.54. The van der Waals surface area contributed by atoms with E-state index in [2.05, 4.69) is 15.6 Å². The van der Waals surface area contributed by atoms with Crippen LogP contribution in [0.4, 0.5) is 0 Å². The molecule has 27 heavy (non-hydrogen) atoms. The second-order valence-electron chi connectivity index (χ2n) is 7.44. The van der Waals surface area contributed by atoms with Crippen LogP contribution in [0.15, 0.2) is 29.3 Å². The van der Waals surface area contributed by atoms with E-state index in [1.165, 1.54) is 19.1 Å². The minimum Gasteiger partial charge on any atom is -0.493 e. The molecule has 0 aliphatic heterocycles. The topological polar surface area (TPSA) is 79.8 Å². The van der Waals surface area contributed by atoms with Crippen molar-refractivity contribution in [2.75, 3.05) is 26.0 Å². The van der Waals surface area contributed by atoms with Crippen LogP contribution in [-0.4, -0.2) is 45.1 Å². The Morgan fingerprint density at radius 3 is 2.52 bits per heavy atom. The number of hydrogen-bond donors (Lipinski definition) is 2.